The zero-order valence-electron chi connectivity index (χ0n) is 19.6. The summed E-state index contributed by atoms with van der Waals surface area (Å²) in [6.45, 7) is 8.67. The zero-order chi connectivity index (χ0) is 22.9. The Labute approximate surface area is 196 Å². The molecule has 5 rings (SSSR count). The number of benzene rings is 4. The van der Waals surface area contributed by atoms with Crippen molar-refractivity contribution in [1.29, 1.82) is 0 Å². The van der Waals surface area contributed by atoms with E-state index in [2.05, 4.69) is 123 Å². The Morgan fingerprint density at radius 3 is 1.67 bits per heavy atom. The van der Waals surface area contributed by atoms with Crippen LogP contribution >= 0.6 is 0 Å². The van der Waals surface area contributed by atoms with Gasteiger partial charge in [-0.1, -0.05) is 77.9 Å². The van der Waals surface area contributed by atoms with Crippen LogP contribution in [0.4, 0.5) is 0 Å². The van der Waals surface area contributed by atoms with E-state index in [0.717, 1.165) is 22.6 Å². The van der Waals surface area contributed by atoms with Gasteiger partial charge in [0.15, 0.2) is 0 Å². The van der Waals surface area contributed by atoms with Gasteiger partial charge in [0.1, 0.15) is 5.82 Å². The van der Waals surface area contributed by atoms with Crippen LogP contribution in [0.3, 0.4) is 0 Å². The van der Waals surface area contributed by atoms with Crippen molar-refractivity contribution in [2.75, 3.05) is 0 Å². The molecule has 2 nitrogen and oxygen atoms in total. The van der Waals surface area contributed by atoms with Gasteiger partial charge in [-0.2, -0.15) is 0 Å². The molecular formula is C31H28N2. The molecule has 0 bridgehead atoms. The van der Waals surface area contributed by atoms with Crippen LogP contribution in [0.1, 0.15) is 22.3 Å². The highest BCUT2D eigenvalue weighted by molar-refractivity contribution is 5.72. The lowest BCUT2D eigenvalue weighted by Crippen LogP contribution is -2.02. The Bertz CT molecular complexity index is 1380. The first-order chi connectivity index (χ1) is 16.0. The fourth-order valence-corrected chi connectivity index (χ4v) is 4.74. The van der Waals surface area contributed by atoms with E-state index >= 15 is 0 Å². The number of imidazole rings is 1. The summed E-state index contributed by atoms with van der Waals surface area (Å²) >= 11 is 0. The Hall–Kier alpha value is -3.91. The van der Waals surface area contributed by atoms with Gasteiger partial charge >= 0.3 is 0 Å². The molecule has 0 N–H and O–H groups in total. The standard InChI is InChI=1S/C31H28N2/c1-21-15-22(2)17-28(16-21)29-20-33(31(32-29)26-13-9-6-10-14-26)30-23(3)18-27(19-24(30)4)25-11-7-5-8-12-25/h5-20H,1-4H3. The van der Waals surface area contributed by atoms with Crippen molar-refractivity contribution in [1.82, 2.24) is 9.55 Å². The summed E-state index contributed by atoms with van der Waals surface area (Å²) in [6, 6.07) is 32.2. The summed E-state index contributed by atoms with van der Waals surface area (Å²) in [7, 11) is 0. The smallest absolute Gasteiger partial charge is 0.145 e. The molecular weight excluding hydrogens is 400 g/mol. The molecule has 5 aromatic rings. The third-order valence-corrected chi connectivity index (χ3v) is 6.09. The summed E-state index contributed by atoms with van der Waals surface area (Å²) in [5.74, 6) is 0.962. The molecule has 0 amide bonds. The third-order valence-electron chi connectivity index (χ3n) is 6.09. The van der Waals surface area contributed by atoms with Gasteiger partial charge in [0.05, 0.1) is 11.4 Å². The number of rotatable bonds is 4. The molecule has 2 heteroatoms. The van der Waals surface area contributed by atoms with E-state index in [1.807, 2.05) is 6.07 Å². The van der Waals surface area contributed by atoms with E-state index in [0.29, 0.717) is 0 Å². The minimum absolute atomic E-state index is 0.962. The summed E-state index contributed by atoms with van der Waals surface area (Å²) in [5.41, 5.74) is 11.9. The molecule has 162 valence electrons. The molecule has 4 aromatic carbocycles. The Morgan fingerprint density at radius 1 is 0.545 bits per heavy atom. The van der Waals surface area contributed by atoms with Gasteiger partial charge in [-0.05, 0) is 74.2 Å². The summed E-state index contributed by atoms with van der Waals surface area (Å²) in [5, 5.41) is 0. The van der Waals surface area contributed by atoms with E-state index < -0.39 is 0 Å². The Morgan fingerprint density at radius 2 is 1.09 bits per heavy atom. The highest BCUT2D eigenvalue weighted by atomic mass is 15.1. The van der Waals surface area contributed by atoms with Crippen molar-refractivity contribution in [3.8, 4) is 39.5 Å². The second-order valence-electron chi connectivity index (χ2n) is 8.89. The van der Waals surface area contributed by atoms with E-state index in [1.54, 1.807) is 0 Å². The topological polar surface area (TPSA) is 17.8 Å². The van der Waals surface area contributed by atoms with E-state index in [1.165, 1.54) is 39.1 Å². The van der Waals surface area contributed by atoms with Gasteiger partial charge in [-0.25, -0.2) is 4.98 Å². The fraction of sp³-hybridized carbons (Fsp3) is 0.129. The van der Waals surface area contributed by atoms with Crippen LogP contribution in [-0.4, -0.2) is 9.55 Å². The number of nitrogens with zero attached hydrogens (tertiary/aromatic N) is 2. The predicted octanol–water partition coefficient (Wildman–Crippen LogP) is 8.11. The van der Waals surface area contributed by atoms with Crippen LogP contribution in [0.5, 0.6) is 0 Å². The van der Waals surface area contributed by atoms with E-state index in [-0.39, 0.29) is 0 Å². The first-order valence-electron chi connectivity index (χ1n) is 11.4. The maximum atomic E-state index is 5.14. The lowest BCUT2D eigenvalue weighted by Gasteiger charge is -2.16. The van der Waals surface area contributed by atoms with Crippen molar-refractivity contribution in [3.63, 3.8) is 0 Å². The molecule has 0 atom stereocenters. The van der Waals surface area contributed by atoms with Crippen LogP contribution in [0.15, 0.2) is 97.2 Å². The van der Waals surface area contributed by atoms with Crippen LogP contribution in [0.2, 0.25) is 0 Å². The molecule has 0 aliphatic heterocycles. The number of hydrogen-bond acceptors (Lipinski definition) is 1. The monoisotopic (exact) mass is 428 g/mol. The maximum absolute atomic E-state index is 5.14. The second-order valence-corrected chi connectivity index (χ2v) is 8.89. The fourth-order valence-electron chi connectivity index (χ4n) is 4.74. The molecule has 0 saturated heterocycles. The van der Waals surface area contributed by atoms with Gasteiger partial charge < -0.3 is 0 Å². The number of aromatic nitrogens is 2. The third kappa shape index (κ3) is 4.12. The molecule has 1 heterocycles. The summed E-state index contributed by atoms with van der Waals surface area (Å²) < 4.78 is 2.27. The zero-order valence-corrected chi connectivity index (χ0v) is 19.6. The van der Waals surface area contributed by atoms with Crippen molar-refractivity contribution in [2.45, 2.75) is 27.7 Å². The lowest BCUT2D eigenvalue weighted by molar-refractivity contribution is 1.03. The molecule has 0 aliphatic rings. The molecule has 0 saturated carbocycles. The Balaban J connectivity index is 1.71. The molecule has 0 spiro atoms. The average molecular weight is 429 g/mol. The van der Waals surface area contributed by atoms with Gasteiger partial charge in [0.2, 0.25) is 0 Å². The van der Waals surface area contributed by atoms with Crippen LogP contribution in [-0.2, 0) is 0 Å². The molecule has 33 heavy (non-hydrogen) atoms. The van der Waals surface area contributed by atoms with Gasteiger partial charge in [-0.15, -0.1) is 0 Å². The maximum Gasteiger partial charge on any atom is 0.145 e. The van der Waals surface area contributed by atoms with Crippen LogP contribution < -0.4 is 0 Å². The minimum atomic E-state index is 0.962. The van der Waals surface area contributed by atoms with Gasteiger partial charge in [0, 0.05) is 17.3 Å². The first-order valence-corrected chi connectivity index (χ1v) is 11.4. The average Bonchev–Trinajstić information content (AvgIpc) is 3.24. The van der Waals surface area contributed by atoms with Crippen molar-refractivity contribution < 1.29 is 0 Å². The molecule has 0 unspecified atom stereocenters. The van der Waals surface area contributed by atoms with E-state index in [4.69, 9.17) is 4.98 Å². The highest BCUT2D eigenvalue weighted by Gasteiger charge is 2.17. The van der Waals surface area contributed by atoms with E-state index in [9.17, 15) is 0 Å². The van der Waals surface area contributed by atoms with Crippen LogP contribution in [0, 0.1) is 27.7 Å². The lowest BCUT2D eigenvalue weighted by atomic mass is 9.98. The predicted molar refractivity (Wildman–Crippen MR) is 139 cm³/mol. The molecule has 1 aromatic heterocycles. The van der Waals surface area contributed by atoms with Crippen molar-refractivity contribution in [2.24, 2.45) is 0 Å². The SMILES string of the molecule is Cc1cc(C)cc(-c2cn(-c3c(C)cc(-c4ccccc4)cc3C)c(-c3ccccc3)n2)c1. The summed E-state index contributed by atoms with van der Waals surface area (Å²) in [6.07, 6.45) is 2.19. The van der Waals surface area contributed by atoms with Crippen molar-refractivity contribution >= 4 is 0 Å². The second kappa shape index (κ2) is 8.55. The van der Waals surface area contributed by atoms with Gasteiger partial charge in [0.25, 0.3) is 0 Å². The molecule has 0 fully saturated rings. The summed E-state index contributed by atoms with van der Waals surface area (Å²) in [4.78, 5) is 5.14. The van der Waals surface area contributed by atoms with Crippen LogP contribution in [0.25, 0.3) is 39.5 Å². The molecule has 0 radical (unpaired) electrons. The largest absolute Gasteiger partial charge is 0.299 e. The quantitative estimate of drug-likeness (QED) is 0.283. The van der Waals surface area contributed by atoms with Gasteiger partial charge in [-0.3, -0.25) is 4.57 Å². The first kappa shape index (κ1) is 21.0. The number of hydrogen-bond donors (Lipinski definition) is 0. The molecule has 0 aliphatic carbocycles. The Kier molecular flexibility index (Phi) is 5.43. The minimum Gasteiger partial charge on any atom is -0.299 e. The number of aryl methyl sites for hydroxylation is 4. The highest BCUT2D eigenvalue weighted by Crippen LogP contribution is 2.33. The normalized spacial score (nSPS) is 11.0. The van der Waals surface area contributed by atoms with Crippen molar-refractivity contribution in [3.05, 3.63) is 119 Å².